The van der Waals surface area contributed by atoms with Crippen molar-refractivity contribution >= 4 is 15.9 Å². The fraction of sp³-hybridized carbons (Fsp3) is 0.538. The average Bonchev–Trinajstić information content (AvgIpc) is 2.29. The van der Waals surface area contributed by atoms with Gasteiger partial charge < -0.3 is 15.2 Å². The molecule has 0 spiro atoms. The molecule has 0 saturated carbocycles. The third kappa shape index (κ3) is 4.66. The minimum atomic E-state index is -0.529. The summed E-state index contributed by atoms with van der Waals surface area (Å²) in [5.41, 5.74) is 0.848. The quantitative estimate of drug-likeness (QED) is 0.849. The van der Waals surface area contributed by atoms with E-state index in [4.69, 9.17) is 4.74 Å². The third-order valence-electron chi connectivity index (χ3n) is 2.45. The first kappa shape index (κ1) is 14.5. The van der Waals surface area contributed by atoms with E-state index < -0.39 is 6.10 Å². The van der Waals surface area contributed by atoms with Gasteiger partial charge in [0.15, 0.2) is 0 Å². The highest BCUT2D eigenvalue weighted by molar-refractivity contribution is 9.10. The molecule has 3 nitrogen and oxygen atoms in total. The molecule has 1 atom stereocenters. The molecule has 1 rings (SSSR count). The molecule has 0 fully saturated rings. The van der Waals surface area contributed by atoms with Crippen LogP contribution in [0.3, 0.4) is 0 Å². The molecule has 1 aromatic carbocycles. The number of hydrogen-bond donors (Lipinski definition) is 2. The standard InChI is InChI=1S/C13H20BrNO2/c1-9(2)7-15-8-13(16)11-6-10(17-3)4-5-12(11)14/h4-6,9,13,15-16H,7-8H2,1-3H3. The van der Waals surface area contributed by atoms with E-state index >= 15 is 0 Å². The second kappa shape index (κ2) is 6.99. The average molecular weight is 302 g/mol. The Bertz CT molecular complexity index is 355. The number of methoxy groups -OCH3 is 1. The van der Waals surface area contributed by atoms with Crippen LogP contribution in [0.15, 0.2) is 22.7 Å². The lowest BCUT2D eigenvalue weighted by Crippen LogP contribution is -2.25. The van der Waals surface area contributed by atoms with Crippen LogP contribution < -0.4 is 10.1 Å². The number of benzene rings is 1. The van der Waals surface area contributed by atoms with E-state index in [1.807, 2.05) is 18.2 Å². The Morgan fingerprint density at radius 1 is 1.35 bits per heavy atom. The van der Waals surface area contributed by atoms with Gasteiger partial charge >= 0.3 is 0 Å². The van der Waals surface area contributed by atoms with Gasteiger partial charge in [-0.25, -0.2) is 0 Å². The van der Waals surface area contributed by atoms with Crippen molar-refractivity contribution in [2.75, 3.05) is 20.2 Å². The zero-order chi connectivity index (χ0) is 12.8. The lowest BCUT2D eigenvalue weighted by atomic mass is 10.1. The van der Waals surface area contributed by atoms with Crippen LogP contribution in [0, 0.1) is 5.92 Å². The third-order valence-corrected chi connectivity index (χ3v) is 3.17. The van der Waals surface area contributed by atoms with Gasteiger partial charge in [-0.1, -0.05) is 29.8 Å². The van der Waals surface area contributed by atoms with Crippen LogP contribution in [0.1, 0.15) is 25.5 Å². The molecule has 96 valence electrons. The van der Waals surface area contributed by atoms with Gasteiger partial charge in [-0.2, -0.15) is 0 Å². The van der Waals surface area contributed by atoms with E-state index in [0.717, 1.165) is 22.3 Å². The van der Waals surface area contributed by atoms with E-state index in [9.17, 15) is 5.11 Å². The van der Waals surface area contributed by atoms with Gasteiger partial charge in [-0.3, -0.25) is 0 Å². The van der Waals surface area contributed by atoms with E-state index in [1.165, 1.54) is 0 Å². The highest BCUT2D eigenvalue weighted by Gasteiger charge is 2.12. The monoisotopic (exact) mass is 301 g/mol. The van der Waals surface area contributed by atoms with Crippen LogP contribution in [0.2, 0.25) is 0 Å². The number of nitrogens with one attached hydrogen (secondary N) is 1. The topological polar surface area (TPSA) is 41.5 Å². The number of aliphatic hydroxyl groups is 1. The van der Waals surface area contributed by atoms with Crippen LogP contribution in [0.25, 0.3) is 0 Å². The van der Waals surface area contributed by atoms with Gasteiger partial charge in [-0.15, -0.1) is 0 Å². The Morgan fingerprint density at radius 3 is 2.65 bits per heavy atom. The van der Waals surface area contributed by atoms with E-state index in [1.54, 1.807) is 7.11 Å². The number of rotatable bonds is 6. The smallest absolute Gasteiger partial charge is 0.119 e. The molecule has 17 heavy (non-hydrogen) atoms. The molecule has 0 aliphatic rings. The van der Waals surface area contributed by atoms with Gasteiger partial charge in [0, 0.05) is 11.0 Å². The van der Waals surface area contributed by atoms with Crippen LogP contribution in [0.4, 0.5) is 0 Å². The first-order chi connectivity index (χ1) is 8.04. The fourth-order valence-corrected chi connectivity index (χ4v) is 2.03. The molecule has 0 aliphatic carbocycles. The number of halogens is 1. The molecule has 0 bridgehead atoms. The number of hydrogen-bond acceptors (Lipinski definition) is 3. The summed E-state index contributed by atoms with van der Waals surface area (Å²) in [5, 5.41) is 13.3. The number of ether oxygens (including phenoxy) is 1. The summed E-state index contributed by atoms with van der Waals surface area (Å²) in [4.78, 5) is 0. The van der Waals surface area contributed by atoms with E-state index in [2.05, 4.69) is 35.1 Å². The van der Waals surface area contributed by atoms with Crippen molar-refractivity contribution in [1.29, 1.82) is 0 Å². The molecular formula is C13H20BrNO2. The summed E-state index contributed by atoms with van der Waals surface area (Å²) in [6, 6.07) is 5.60. The first-order valence-corrected chi connectivity index (χ1v) is 6.56. The highest BCUT2D eigenvalue weighted by atomic mass is 79.9. The minimum absolute atomic E-state index is 0.529. The maximum atomic E-state index is 10.1. The van der Waals surface area contributed by atoms with Gasteiger partial charge in [0.1, 0.15) is 5.75 Å². The molecule has 1 unspecified atom stereocenters. The predicted molar refractivity (Wildman–Crippen MR) is 73.4 cm³/mol. The second-order valence-electron chi connectivity index (χ2n) is 4.46. The SMILES string of the molecule is COc1ccc(Br)c(C(O)CNCC(C)C)c1. The lowest BCUT2D eigenvalue weighted by molar-refractivity contribution is 0.172. The van der Waals surface area contributed by atoms with E-state index in [-0.39, 0.29) is 0 Å². The predicted octanol–water partition coefficient (Wildman–Crippen LogP) is 2.74. The molecule has 0 radical (unpaired) electrons. The van der Waals surface area contributed by atoms with Crippen molar-refractivity contribution < 1.29 is 9.84 Å². The Morgan fingerprint density at radius 2 is 2.06 bits per heavy atom. The van der Waals surface area contributed by atoms with Crippen molar-refractivity contribution in [2.45, 2.75) is 20.0 Å². The largest absolute Gasteiger partial charge is 0.497 e. The van der Waals surface area contributed by atoms with Crippen molar-refractivity contribution in [2.24, 2.45) is 5.92 Å². The molecule has 2 N–H and O–H groups in total. The summed E-state index contributed by atoms with van der Waals surface area (Å²) in [5.74, 6) is 1.34. The Labute approximate surface area is 111 Å². The molecule has 0 aliphatic heterocycles. The fourth-order valence-electron chi connectivity index (χ4n) is 1.52. The second-order valence-corrected chi connectivity index (χ2v) is 5.31. The van der Waals surface area contributed by atoms with Crippen molar-refractivity contribution in [3.05, 3.63) is 28.2 Å². The minimum Gasteiger partial charge on any atom is -0.497 e. The van der Waals surface area contributed by atoms with Crippen molar-refractivity contribution in [3.63, 3.8) is 0 Å². The summed E-state index contributed by atoms with van der Waals surface area (Å²) < 4.78 is 6.05. The van der Waals surface area contributed by atoms with Gasteiger partial charge in [0.2, 0.25) is 0 Å². The first-order valence-electron chi connectivity index (χ1n) is 5.76. The van der Waals surface area contributed by atoms with Crippen LogP contribution >= 0.6 is 15.9 Å². The van der Waals surface area contributed by atoms with Gasteiger partial charge in [0.05, 0.1) is 13.2 Å². The lowest BCUT2D eigenvalue weighted by Gasteiger charge is -2.15. The molecular weight excluding hydrogens is 282 g/mol. The zero-order valence-corrected chi connectivity index (χ0v) is 12.1. The molecule has 1 aromatic rings. The maximum absolute atomic E-state index is 10.1. The number of aliphatic hydroxyl groups excluding tert-OH is 1. The Kier molecular flexibility index (Phi) is 5.95. The summed E-state index contributed by atoms with van der Waals surface area (Å²) in [6.07, 6.45) is -0.529. The molecule has 4 heteroatoms. The van der Waals surface area contributed by atoms with Crippen LogP contribution in [-0.4, -0.2) is 25.3 Å². The molecule has 0 saturated heterocycles. The molecule has 0 heterocycles. The summed E-state index contributed by atoms with van der Waals surface area (Å²) in [7, 11) is 1.62. The van der Waals surface area contributed by atoms with Crippen molar-refractivity contribution in [1.82, 2.24) is 5.32 Å². The van der Waals surface area contributed by atoms with Crippen LogP contribution in [-0.2, 0) is 0 Å². The molecule has 0 aromatic heterocycles. The van der Waals surface area contributed by atoms with E-state index in [0.29, 0.717) is 12.5 Å². The molecule has 0 amide bonds. The highest BCUT2D eigenvalue weighted by Crippen LogP contribution is 2.27. The van der Waals surface area contributed by atoms with Crippen LogP contribution in [0.5, 0.6) is 5.75 Å². The Hall–Kier alpha value is -0.580. The Balaban J connectivity index is 2.64. The van der Waals surface area contributed by atoms with Gasteiger partial charge in [0.25, 0.3) is 0 Å². The maximum Gasteiger partial charge on any atom is 0.119 e. The normalized spacial score (nSPS) is 12.8. The summed E-state index contributed by atoms with van der Waals surface area (Å²) in [6.45, 7) is 5.73. The van der Waals surface area contributed by atoms with Gasteiger partial charge in [-0.05, 0) is 36.2 Å². The zero-order valence-electron chi connectivity index (χ0n) is 10.5. The summed E-state index contributed by atoms with van der Waals surface area (Å²) >= 11 is 3.44. The van der Waals surface area contributed by atoms with Crippen molar-refractivity contribution in [3.8, 4) is 5.75 Å².